The van der Waals surface area contributed by atoms with Gasteiger partial charge in [-0.25, -0.2) is 4.39 Å². The molecule has 9 atom stereocenters. The summed E-state index contributed by atoms with van der Waals surface area (Å²) in [5.41, 5.74) is -2.34. The van der Waals surface area contributed by atoms with Gasteiger partial charge in [-0.2, -0.15) is 0 Å². The first kappa shape index (κ1) is 23.1. The number of aliphatic hydroxyl groups is 1. The molecule has 6 aliphatic rings. The number of rotatable bonds is 2. The maximum absolute atomic E-state index is 17.5. The first-order valence-corrected chi connectivity index (χ1v) is 12.7. The average Bonchev–Trinajstić information content (AvgIpc) is 3.49. The SMILES string of the molecule is CCO/N=C1\C=C[C@@]2(C)C(=C1)CC[C@H]1[C@@H]3C[C@H](C)[C@@]4(OCOC45COCO5)[C@@]3(C)C[C@H](O)[C@@]12F. The van der Waals surface area contributed by atoms with E-state index in [9.17, 15) is 5.11 Å². The Morgan fingerprint density at radius 1 is 1.21 bits per heavy atom. The summed E-state index contributed by atoms with van der Waals surface area (Å²) in [7, 11) is 0. The van der Waals surface area contributed by atoms with Crippen LogP contribution in [0.25, 0.3) is 0 Å². The minimum Gasteiger partial charge on any atom is -0.396 e. The Labute approximate surface area is 200 Å². The minimum absolute atomic E-state index is 0.0175. The number of nitrogens with zero attached hydrogens (tertiary/aromatic N) is 1. The second-order valence-electron chi connectivity index (χ2n) is 11.4. The minimum atomic E-state index is -1.79. The lowest BCUT2D eigenvalue weighted by atomic mass is 9.44. The summed E-state index contributed by atoms with van der Waals surface area (Å²) in [6, 6.07) is 0. The van der Waals surface area contributed by atoms with Crippen LogP contribution in [-0.2, 0) is 23.8 Å². The zero-order valence-electron chi connectivity index (χ0n) is 20.5. The number of halogens is 1. The molecular weight excluding hydrogens is 441 g/mol. The second kappa shape index (κ2) is 7.35. The Bertz CT molecular complexity index is 955. The summed E-state index contributed by atoms with van der Waals surface area (Å²) in [4.78, 5) is 5.22. The van der Waals surface area contributed by atoms with Crippen LogP contribution in [0.4, 0.5) is 4.39 Å². The van der Waals surface area contributed by atoms with Gasteiger partial charge < -0.3 is 28.9 Å². The van der Waals surface area contributed by atoms with Gasteiger partial charge in [-0.1, -0.05) is 30.7 Å². The molecule has 34 heavy (non-hydrogen) atoms. The maximum atomic E-state index is 17.5. The van der Waals surface area contributed by atoms with Gasteiger partial charge in [-0.3, -0.25) is 0 Å². The zero-order chi connectivity index (χ0) is 24.0. The Balaban J connectivity index is 1.42. The van der Waals surface area contributed by atoms with Gasteiger partial charge in [-0.15, -0.1) is 0 Å². The van der Waals surface area contributed by atoms with E-state index in [-0.39, 0.29) is 44.4 Å². The molecule has 1 N–H and O–H groups in total. The Morgan fingerprint density at radius 2 is 2.00 bits per heavy atom. The number of oxime groups is 1. The summed E-state index contributed by atoms with van der Waals surface area (Å²) in [6.45, 7) is 9.16. The van der Waals surface area contributed by atoms with Crippen LogP contribution in [0, 0.1) is 28.6 Å². The number of fused-ring (bicyclic) bond motifs is 7. The monoisotopic (exact) mass is 477 g/mol. The van der Waals surface area contributed by atoms with Crippen molar-refractivity contribution >= 4 is 5.71 Å². The highest BCUT2D eigenvalue weighted by Crippen LogP contribution is 2.74. The van der Waals surface area contributed by atoms with E-state index in [4.69, 9.17) is 23.8 Å². The summed E-state index contributed by atoms with van der Waals surface area (Å²) in [6.07, 6.45) is 7.01. The molecule has 1 unspecified atom stereocenters. The van der Waals surface area contributed by atoms with E-state index in [2.05, 4.69) is 19.0 Å². The fourth-order valence-electron chi connectivity index (χ4n) is 8.94. The molecule has 0 aromatic rings. The number of hydrogen-bond acceptors (Lipinski definition) is 7. The first-order chi connectivity index (χ1) is 16.2. The van der Waals surface area contributed by atoms with Crippen molar-refractivity contribution in [2.75, 3.05) is 26.8 Å². The number of ether oxygens (including phenoxy) is 4. The lowest BCUT2D eigenvalue weighted by Crippen LogP contribution is -2.71. The molecule has 7 nitrogen and oxygen atoms in total. The third-order valence-electron chi connectivity index (χ3n) is 10.3. The van der Waals surface area contributed by atoms with Crippen LogP contribution in [0.2, 0.25) is 0 Å². The van der Waals surface area contributed by atoms with Crippen LogP contribution in [-0.4, -0.2) is 60.8 Å². The van der Waals surface area contributed by atoms with E-state index in [1.165, 1.54) is 0 Å². The van der Waals surface area contributed by atoms with Crippen LogP contribution < -0.4 is 0 Å². The largest absolute Gasteiger partial charge is 0.396 e. The molecule has 0 aromatic carbocycles. The lowest BCUT2D eigenvalue weighted by molar-refractivity contribution is -0.277. The summed E-state index contributed by atoms with van der Waals surface area (Å²) in [5, 5.41) is 15.8. The molecule has 188 valence electrons. The van der Waals surface area contributed by atoms with E-state index in [0.717, 1.165) is 18.4 Å². The molecule has 2 heterocycles. The van der Waals surface area contributed by atoms with Gasteiger partial charge in [0.05, 0.1) is 6.10 Å². The molecule has 0 amide bonds. The lowest BCUT2D eigenvalue weighted by Gasteiger charge is -2.63. The van der Waals surface area contributed by atoms with Gasteiger partial charge >= 0.3 is 0 Å². The quantitative estimate of drug-likeness (QED) is 0.609. The van der Waals surface area contributed by atoms with Crippen LogP contribution in [0.5, 0.6) is 0 Å². The van der Waals surface area contributed by atoms with Crippen LogP contribution in [0.3, 0.4) is 0 Å². The molecule has 4 aliphatic carbocycles. The van der Waals surface area contributed by atoms with Crippen molar-refractivity contribution < 1.29 is 33.3 Å². The third-order valence-corrected chi connectivity index (χ3v) is 10.3. The molecule has 6 rings (SSSR count). The number of alkyl halides is 1. The second-order valence-corrected chi connectivity index (χ2v) is 11.4. The molecule has 0 bridgehead atoms. The zero-order valence-corrected chi connectivity index (χ0v) is 20.5. The highest BCUT2D eigenvalue weighted by atomic mass is 19.1. The molecule has 2 aliphatic heterocycles. The van der Waals surface area contributed by atoms with E-state index in [0.29, 0.717) is 18.7 Å². The number of allylic oxidation sites excluding steroid dienone is 4. The summed E-state index contributed by atoms with van der Waals surface area (Å²) < 4.78 is 41.8. The highest BCUT2D eigenvalue weighted by Gasteiger charge is 2.81. The van der Waals surface area contributed by atoms with Gasteiger partial charge in [0, 0.05) is 16.7 Å². The molecular formula is C26H36FNO6. The fraction of sp³-hybridized carbons (Fsp3) is 0.808. The fourth-order valence-corrected chi connectivity index (χ4v) is 8.94. The predicted octanol–water partition coefficient (Wildman–Crippen LogP) is 3.87. The van der Waals surface area contributed by atoms with Gasteiger partial charge in [0.15, 0.2) is 19.3 Å². The third kappa shape index (κ3) is 2.47. The molecule has 8 heteroatoms. The van der Waals surface area contributed by atoms with Crippen LogP contribution in [0.1, 0.15) is 53.4 Å². The van der Waals surface area contributed by atoms with Gasteiger partial charge in [0.2, 0.25) is 5.79 Å². The molecule has 2 saturated heterocycles. The molecule has 2 spiro atoms. The van der Waals surface area contributed by atoms with E-state index >= 15 is 4.39 Å². The molecule has 0 radical (unpaired) electrons. The van der Waals surface area contributed by atoms with Crippen molar-refractivity contribution in [3.8, 4) is 0 Å². The Kier molecular flexibility index (Phi) is 5.00. The Hall–Kier alpha value is -1.32. The van der Waals surface area contributed by atoms with Crippen molar-refractivity contribution in [1.82, 2.24) is 0 Å². The van der Waals surface area contributed by atoms with E-state index in [1.54, 1.807) is 0 Å². The Morgan fingerprint density at radius 3 is 2.74 bits per heavy atom. The van der Waals surface area contributed by atoms with E-state index in [1.807, 2.05) is 32.1 Å². The smallest absolute Gasteiger partial charge is 0.227 e. The normalized spacial score (nSPS) is 54.9. The number of hydrogen-bond donors (Lipinski definition) is 1. The standard InChI is InChI=1S/C26H36FNO6/c1-5-34-28-18-8-9-22(3)17(11-18)6-7-19-20-10-16(2)26(23(20,4)12-21(29)25(19,22)27)24(32-15-33-26)13-30-14-31-24/h8-9,11,16,19-21,29H,5-7,10,12-15H2,1-4H3/b28-18+/t16-,19-,20-,21-,22-,23-,24?,25-,26+/m0/s1. The van der Waals surface area contributed by atoms with E-state index < -0.39 is 34.0 Å². The molecule has 5 fully saturated rings. The molecule has 0 aromatic heterocycles. The van der Waals surface area contributed by atoms with Gasteiger partial charge in [-0.05, 0) is 63.5 Å². The molecule has 3 saturated carbocycles. The van der Waals surface area contributed by atoms with Crippen molar-refractivity contribution in [3.63, 3.8) is 0 Å². The average molecular weight is 478 g/mol. The first-order valence-electron chi connectivity index (χ1n) is 12.7. The summed E-state index contributed by atoms with van der Waals surface area (Å²) >= 11 is 0. The van der Waals surface area contributed by atoms with Gasteiger partial charge in [0.1, 0.15) is 24.5 Å². The van der Waals surface area contributed by atoms with Crippen LogP contribution >= 0.6 is 0 Å². The van der Waals surface area contributed by atoms with Crippen molar-refractivity contribution in [3.05, 3.63) is 23.8 Å². The van der Waals surface area contributed by atoms with Crippen molar-refractivity contribution in [1.29, 1.82) is 0 Å². The van der Waals surface area contributed by atoms with Crippen LogP contribution in [0.15, 0.2) is 29.0 Å². The summed E-state index contributed by atoms with van der Waals surface area (Å²) in [5.74, 6) is -1.24. The predicted molar refractivity (Wildman–Crippen MR) is 121 cm³/mol. The van der Waals surface area contributed by atoms with Crippen molar-refractivity contribution in [2.45, 2.75) is 76.5 Å². The van der Waals surface area contributed by atoms with Crippen molar-refractivity contribution in [2.24, 2.45) is 33.7 Å². The maximum Gasteiger partial charge on any atom is 0.227 e. The highest BCUT2D eigenvalue weighted by molar-refractivity contribution is 6.05. The van der Waals surface area contributed by atoms with Gasteiger partial charge in [0.25, 0.3) is 0 Å². The number of aliphatic hydroxyl groups excluding tert-OH is 1. The topological polar surface area (TPSA) is 78.7 Å².